The Morgan fingerprint density at radius 3 is 2.36 bits per heavy atom. The summed E-state index contributed by atoms with van der Waals surface area (Å²) in [5.41, 5.74) is 2.15. The van der Waals surface area contributed by atoms with Crippen molar-refractivity contribution >= 4 is 39.0 Å². The van der Waals surface area contributed by atoms with Crippen molar-refractivity contribution in [1.29, 1.82) is 0 Å². The number of nitrogens with one attached hydrogen (secondary N) is 2. The summed E-state index contributed by atoms with van der Waals surface area (Å²) in [6.45, 7) is 0.879. The van der Waals surface area contributed by atoms with E-state index < -0.39 is 10.0 Å². The number of nitrogens with zero attached hydrogens (tertiary/aromatic N) is 1. The Hall–Kier alpha value is -2.25. The second kappa shape index (κ2) is 7.33. The van der Waals surface area contributed by atoms with Gasteiger partial charge >= 0.3 is 6.03 Å². The first-order chi connectivity index (χ1) is 11.9. The van der Waals surface area contributed by atoms with Gasteiger partial charge in [-0.05, 0) is 48.4 Å². The fraction of sp³-hybridized carbons (Fsp3) is 0.235. The fourth-order valence-electron chi connectivity index (χ4n) is 2.60. The molecule has 8 heteroatoms. The van der Waals surface area contributed by atoms with Gasteiger partial charge in [0.2, 0.25) is 10.0 Å². The third kappa shape index (κ3) is 4.43. The summed E-state index contributed by atoms with van der Waals surface area (Å²) in [5, 5.41) is 6.11. The lowest BCUT2D eigenvalue weighted by Gasteiger charge is -2.17. The number of halogens is 1. The summed E-state index contributed by atoms with van der Waals surface area (Å²) in [5.74, 6) is 0.181. The molecule has 2 amide bonds. The topological polar surface area (TPSA) is 78.5 Å². The van der Waals surface area contributed by atoms with Gasteiger partial charge in [-0.2, -0.15) is 0 Å². The molecule has 2 aromatic carbocycles. The van der Waals surface area contributed by atoms with Gasteiger partial charge in [-0.15, -0.1) is 0 Å². The van der Waals surface area contributed by atoms with Gasteiger partial charge in [0.25, 0.3) is 0 Å². The molecular weight excluding hydrogens is 362 g/mol. The molecule has 0 atom stereocenters. The van der Waals surface area contributed by atoms with Gasteiger partial charge in [0.1, 0.15) is 0 Å². The van der Waals surface area contributed by atoms with Crippen LogP contribution in [0.2, 0.25) is 5.02 Å². The SMILES string of the molecule is O=C(NCc1ccc(Cl)cc1)Nc1ccc(N2CCCS2(=O)=O)cc1. The first kappa shape index (κ1) is 17.6. The number of hydrogen-bond acceptors (Lipinski definition) is 3. The van der Waals surface area contributed by atoms with E-state index in [1.165, 1.54) is 4.31 Å². The minimum atomic E-state index is -3.19. The minimum Gasteiger partial charge on any atom is -0.334 e. The summed E-state index contributed by atoms with van der Waals surface area (Å²) in [6, 6.07) is 13.6. The largest absolute Gasteiger partial charge is 0.334 e. The Bertz CT molecular complexity index is 852. The predicted molar refractivity (Wildman–Crippen MR) is 99.5 cm³/mol. The normalized spacial score (nSPS) is 15.8. The maximum atomic E-state index is 11.9. The van der Waals surface area contributed by atoms with Crippen LogP contribution in [0, 0.1) is 0 Å². The van der Waals surface area contributed by atoms with Crippen molar-refractivity contribution < 1.29 is 13.2 Å². The molecule has 0 aromatic heterocycles. The molecule has 1 fully saturated rings. The van der Waals surface area contributed by atoms with Gasteiger partial charge in [-0.25, -0.2) is 13.2 Å². The highest BCUT2D eigenvalue weighted by Gasteiger charge is 2.28. The van der Waals surface area contributed by atoms with Crippen molar-refractivity contribution in [1.82, 2.24) is 5.32 Å². The Morgan fingerprint density at radius 1 is 1.08 bits per heavy atom. The smallest absolute Gasteiger partial charge is 0.319 e. The lowest BCUT2D eigenvalue weighted by atomic mass is 10.2. The van der Waals surface area contributed by atoms with Crippen LogP contribution in [0.5, 0.6) is 0 Å². The summed E-state index contributed by atoms with van der Waals surface area (Å²) in [6.07, 6.45) is 0.634. The number of benzene rings is 2. The Morgan fingerprint density at radius 2 is 1.76 bits per heavy atom. The maximum absolute atomic E-state index is 11.9. The molecule has 2 aromatic rings. The average molecular weight is 380 g/mol. The zero-order chi connectivity index (χ0) is 17.9. The van der Waals surface area contributed by atoms with Crippen molar-refractivity contribution in [3.05, 3.63) is 59.1 Å². The van der Waals surface area contributed by atoms with Gasteiger partial charge in [0, 0.05) is 23.8 Å². The van der Waals surface area contributed by atoms with Crippen LogP contribution in [0.1, 0.15) is 12.0 Å². The molecule has 1 aliphatic heterocycles. The van der Waals surface area contributed by atoms with Crippen molar-refractivity contribution in [3.63, 3.8) is 0 Å². The summed E-state index contributed by atoms with van der Waals surface area (Å²) in [7, 11) is -3.19. The van der Waals surface area contributed by atoms with E-state index in [1.807, 2.05) is 12.1 Å². The molecule has 0 aliphatic carbocycles. The fourth-order valence-corrected chi connectivity index (χ4v) is 4.29. The number of hydrogen-bond donors (Lipinski definition) is 2. The zero-order valence-corrected chi connectivity index (χ0v) is 15.0. The average Bonchev–Trinajstić information content (AvgIpc) is 2.94. The van der Waals surface area contributed by atoms with Gasteiger partial charge < -0.3 is 10.6 Å². The van der Waals surface area contributed by atoms with Crippen molar-refractivity contribution in [2.24, 2.45) is 0 Å². The second-order valence-corrected chi connectivity index (χ2v) is 8.17. The molecule has 1 aliphatic rings. The highest BCUT2D eigenvalue weighted by molar-refractivity contribution is 7.93. The molecule has 0 saturated carbocycles. The van der Waals surface area contributed by atoms with Gasteiger partial charge in [-0.3, -0.25) is 4.31 Å². The van der Waals surface area contributed by atoms with Crippen LogP contribution in [0.3, 0.4) is 0 Å². The Balaban J connectivity index is 1.56. The van der Waals surface area contributed by atoms with E-state index in [4.69, 9.17) is 11.6 Å². The lowest BCUT2D eigenvalue weighted by molar-refractivity contribution is 0.251. The number of amides is 2. The van der Waals surface area contributed by atoms with Crippen LogP contribution in [0.4, 0.5) is 16.2 Å². The van der Waals surface area contributed by atoms with E-state index in [0.717, 1.165) is 5.56 Å². The zero-order valence-electron chi connectivity index (χ0n) is 13.4. The maximum Gasteiger partial charge on any atom is 0.319 e. The molecule has 3 rings (SSSR count). The highest BCUT2D eigenvalue weighted by atomic mass is 35.5. The molecule has 25 heavy (non-hydrogen) atoms. The first-order valence-electron chi connectivity index (χ1n) is 7.84. The molecule has 0 unspecified atom stereocenters. The minimum absolute atomic E-state index is 0.181. The predicted octanol–water partition coefficient (Wildman–Crippen LogP) is 3.20. The molecule has 6 nitrogen and oxygen atoms in total. The van der Waals surface area contributed by atoms with Crippen molar-refractivity contribution in [3.8, 4) is 0 Å². The van der Waals surface area contributed by atoms with Crippen molar-refractivity contribution in [2.75, 3.05) is 21.9 Å². The van der Waals surface area contributed by atoms with E-state index >= 15 is 0 Å². The van der Waals surface area contributed by atoms with E-state index in [2.05, 4.69) is 10.6 Å². The molecular formula is C17H18ClN3O3S. The molecule has 1 heterocycles. The summed E-state index contributed by atoms with van der Waals surface area (Å²) in [4.78, 5) is 11.9. The number of anilines is 2. The van der Waals surface area contributed by atoms with E-state index in [1.54, 1.807) is 36.4 Å². The Labute approximate surface area is 151 Å². The second-order valence-electron chi connectivity index (χ2n) is 5.72. The first-order valence-corrected chi connectivity index (χ1v) is 9.82. The molecule has 1 saturated heterocycles. The molecule has 2 N–H and O–H groups in total. The molecule has 0 bridgehead atoms. The van der Waals surface area contributed by atoms with Crippen LogP contribution in [-0.2, 0) is 16.6 Å². The molecule has 0 spiro atoms. The third-order valence-electron chi connectivity index (χ3n) is 3.88. The monoisotopic (exact) mass is 379 g/mol. The van der Waals surface area contributed by atoms with E-state index in [-0.39, 0.29) is 11.8 Å². The standard InChI is InChI=1S/C17H18ClN3O3S/c18-14-4-2-13(3-5-14)12-19-17(22)20-15-6-8-16(9-7-15)21-10-1-11-25(21,23)24/h2-9H,1,10-12H2,(H2,19,20,22). The summed E-state index contributed by atoms with van der Waals surface area (Å²) < 4.78 is 25.2. The Kier molecular flexibility index (Phi) is 5.15. The number of sulfonamides is 1. The van der Waals surface area contributed by atoms with Crippen LogP contribution in [0.15, 0.2) is 48.5 Å². The highest BCUT2D eigenvalue weighted by Crippen LogP contribution is 2.25. The summed E-state index contributed by atoms with van der Waals surface area (Å²) >= 11 is 5.82. The number of carbonyl (C=O) groups is 1. The quantitative estimate of drug-likeness (QED) is 0.856. The van der Waals surface area contributed by atoms with Crippen LogP contribution >= 0.6 is 11.6 Å². The van der Waals surface area contributed by atoms with Crippen LogP contribution < -0.4 is 14.9 Å². The third-order valence-corrected chi connectivity index (χ3v) is 6.00. The molecule has 132 valence electrons. The van der Waals surface area contributed by atoms with Crippen molar-refractivity contribution in [2.45, 2.75) is 13.0 Å². The van der Waals surface area contributed by atoms with E-state index in [0.29, 0.717) is 35.9 Å². The molecule has 0 radical (unpaired) electrons. The van der Waals surface area contributed by atoms with Gasteiger partial charge in [0.05, 0.1) is 11.4 Å². The number of carbonyl (C=O) groups excluding carboxylic acids is 1. The van der Waals surface area contributed by atoms with Crippen LogP contribution in [-0.4, -0.2) is 26.7 Å². The van der Waals surface area contributed by atoms with Crippen LogP contribution in [0.25, 0.3) is 0 Å². The number of urea groups is 1. The van der Waals surface area contributed by atoms with Gasteiger partial charge in [-0.1, -0.05) is 23.7 Å². The van der Waals surface area contributed by atoms with Gasteiger partial charge in [0.15, 0.2) is 0 Å². The van der Waals surface area contributed by atoms with E-state index in [9.17, 15) is 13.2 Å². The lowest BCUT2D eigenvalue weighted by Crippen LogP contribution is -2.28. The number of rotatable bonds is 4.